The maximum atomic E-state index is 12.3. The Hall–Kier alpha value is -0.470. The molecule has 1 rings (SSSR count). The van der Waals surface area contributed by atoms with Crippen LogP contribution in [-0.4, -0.2) is 58.9 Å². The van der Waals surface area contributed by atoms with Gasteiger partial charge in [0.1, 0.15) is 0 Å². The van der Waals surface area contributed by atoms with Crippen molar-refractivity contribution in [2.45, 2.75) is 17.9 Å². The highest BCUT2D eigenvalue weighted by atomic mass is 32.2. The smallest absolute Gasteiger partial charge is 0.243 e. The van der Waals surface area contributed by atoms with Crippen LogP contribution in [0.3, 0.4) is 0 Å². The number of hydrogen-bond acceptors (Lipinski definition) is 5. The molecule has 1 N–H and O–H groups in total. The Morgan fingerprint density at radius 2 is 1.95 bits per heavy atom. The van der Waals surface area contributed by atoms with E-state index in [1.807, 2.05) is 21.1 Å². The van der Waals surface area contributed by atoms with E-state index in [1.165, 1.54) is 15.6 Å². The van der Waals surface area contributed by atoms with Crippen LogP contribution in [0.4, 0.5) is 0 Å². The van der Waals surface area contributed by atoms with Gasteiger partial charge in [-0.1, -0.05) is 0 Å². The van der Waals surface area contributed by atoms with Gasteiger partial charge in [0, 0.05) is 30.4 Å². The molecule has 0 aliphatic rings. The molecule has 0 spiro atoms. The topological polar surface area (TPSA) is 52.7 Å². The molecule has 5 nitrogen and oxygen atoms in total. The average molecular weight is 305 g/mol. The molecule has 1 aromatic heterocycles. The van der Waals surface area contributed by atoms with Crippen molar-refractivity contribution in [1.82, 2.24) is 14.5 Å². The molecule has 0 radical (unpaired) electrons. The fourth-order valence-corrected chi connectivity index (χ4v) is 4.16. The zero-order valence-electron chi connectivity index (χ0n) is 12.0. The first kappa shape index (κ1) is 16.6. The van der Waals surface area contributed by atoms with Gasteiger partial charge in [-0.2, -0.15) is 0 Å². The van der Waals surface area contributed by atoms with Crippen molar-refractivity contribution < 1.29 is 8.42 Å². The first-order valence-electron chi connectivity index (χ1n) is 6.21. The second-order valence-corrected chi connectivity index (χ2v) is 7.80. The van der Waals surface area contributed by atoms with E-state index in [-0.39, 0.29) is 0 Å². The Bertz CT molecular complexity index is 483. The van der Waals surface area contributed by atoms with Crippen LogP contribution in [0.2, 0.25) is 0 Å². The molecule has 0 aromatic carbocycles. The zero-order valence-corrected chi connectivity index (χ0v) is 13.6. The molecular formula is C12H23N3O2S2. The van der Waals surface area contributed by atoms with E-state index in [4.69, 9.17) is 0 Å². The number of hydrogen-bond donors (Lipinski definition) is 1. The molecule has 0 aliphatic carbocycles. The van der Waals surface area contributed by atoms with Gasteiger partial charge in [-0.15, -0.1) is 11.3 Å². The quantitative estimate of drug-likeness (QED) is 0.780. The van der Waals surface area contributed by atoms with Crippen molar-refractivity contribution in [3.8, 4) is 0 Å². The summed E-state index contributed by atoms with van der Waals surface area (Å²) >= 11 is 1.47. The number of nitrogens with zero attached hydrogens (tertiary/aromatic N) is 2. The van der Waals surface area contributed by atoms with E-state index in [9.17, 15) is 8.42 Å². The van der Waals surface area contributed by atoms with Gasteiger partial charge < -0.3 is 10.2 Å². The summed E-state index contributed by atoms with van der Waals surface area (Å²) in [7, 11) is 4.12. The van der Waals surface area contributed by atoms with Gasteiger partial charge in [0.25, 0.3) is 0 Å². The molecule has 0 unspecified atom stereocenters. The lowest BCUT2D eigenvalue weighted by Crippen LogP contribution is -2.29. The minimum Gasteiger partial charge on any atom is -0.315 e. The first-order chi connectivity index (χ1) is 8.87. The van der Waals surface area contributed by atoms with E-state index in [1.54, 1.807) is 18.5 Å². The van der Waals surface area contributed by atoms with Crippen LogP contribution < -0.4 is 5.32 Å². The highest BCUT2D eigenvalue weighted by Gasteiger charge is 2.21. The largest absolute Gasteiger partial charge is 0.315 e. The number of rotatable bonds is 8. The standard InChI is InChI=1S/C12H23N3O2S2/c1-13-9-11-8-12(10-18-11)19(16,17)15(4)7-5-6-14(2)3/h8,10,13H,5-7,9H2,1-4H3. The second kappa shape index (κ2) is 7.35. The third-order valence-corrected chi connectivity index (χ3v) is 5.69. The van der Waals surface area contributed by atoms with Crippen LogP contribution >= 0.6 is 11.3 Å². The van der Waals surface area contributed by atoms with Crippen LogP contribution in [0, 0.1) is 0 Å². The molecular weight excluding hydrogens is 282 g/mol. The molecule has 0 aliphatic heterocycles. The molecule has 0 saturated heterocycles. The van der Waals surface area contributed by atoms with Crippen molar-refractivity contribution in [2.24, 2.45) is 0 Å². The average Bonchev–Trinajstić information content (AvgIpc) is 2.78. The molecule has 110 valence electrons. The number of thiophene rings is 1. The number of nitrogens with one attached hydrogen (secondary N) is 1. The van der Waals surface area contributed by atoms with E-state index in [0.717, 1.165) is 17.8 Å². The minimum atomic E-state index is -3.34. The Kier molecular flexibility index (Phi) is 6.41. The lowest BCUT2D eigenvalue weighted by molar-refractivity contribution is 0.370. The zero-order chi connectivity index (χ0) is 14.5. The highest BCUT2D eigenvalue weighted by Crippen LogP contribution is 2.22. The minimum absolute atomic E-state index is 0.398. The monoisotopic (exact) mass is 305 g/mol. The Labute approximate surface area is 120 Å². The molecule has 0 saturated carbocycles. The normalized spacial score (nSPS) is 12.5. The molecule has 0 bridgehead atoms. The molecule has 7 heteroatoms. The van der Waals surface area contributed by atoms with Gasteiger partial charge >= 0.3 is 0 Å². The fourth-order valence-electron chi connectivity index (χ4n) is 1.67. The lowest BCUT2D eigenvalue weighted by atomic mass is 10.4. The molecule has 0 atom stereocenters. The van der Waals surface area contributed by atoms with Gasteiger partial charge in [-0.3, -0.25) is 0 Å². The maximum Gasteiger partial charge on any atom is 0.243 e. The molecule has 1 aromatic rings. The van der Waals surface area contributed by atoms with Gasteiger partial charge in [0.15, 0.2) is 0 Å². The lowest BCUT2D eigenvalue weighted by Gasteiger charge is -2.17. The van der Waals surface area contributed by atoms with Crippen molar-refractivity contribution >= 4 is 21.4 Å². The third-order valence-electron chi connectivity index (χ3n) is 2.77. The van der Waals surface area contributed by atoms with Gasteiger partial charge in [-0.05, 0) is 40.2 Å². The summed E-state index contributed by atoms with van der Waals surface area (Å²) in [4.78, 5) is 3.48. The number of sulfonamides is 1. The van der Waals surface area contributed by atoms with Crippen LogP contribution in [-0.2, 0) is 16.6 Å². The summed E-state index contributed by atoms with van der Waals surface area (Å²) < 4.78 is 26.1. The van der Waals surface area contributed by atoms with Gasteiger partial charge in [-0.25, -0.2) is 12.7 Å². The Morgan fingerprint density at radius 3 is 2.53 bits per heavy atom. The Morgan fingerprint density at radius 1 is 1.26 bits per heavy atom. The molecule has 0 fully saturated rings. The molecule has 0 amide bonds. The summed E-state index contributed by atoms with van der Waals surface area (Å²) in [5, 5.41) is 4.73. The predicted octanol–water partition coefficient (Wildman–Crippen LogP) is 1.04. The van der Waals surface area contributed by atoms with Crippen LogP contribution in [0.1, 0.15) is 11.3 Å². The van der Waals surface area contributed by atoms with E-state index in [2.05, 4.69) is 10.2 Å². The summed E-state index contributed by atoms with van der Waals surface area (Å²) in [5.74, 6) is 0. The van der Waals surface area contributed by atoms with Gasteiger partial charge in [0.05, 0.1) is 4.90 Å². The first-order valence-corrected chi connectivity index (χ1v) is 8.53. The van der Waals surface area contributed by atoms with Crippen molar-refractivity contribution in [3.63, 3.8) is 0 Å². The SMILES string of the molecule is CNCc1cc(S(=O)(=O)N(C)CCCN(C)C)cs1. The summed E-state index contributed by atoms with van der Waals surface area (Å²) in [6, 6.07) is 1.75. The summed E-state index contributed by atoms with van der Waals surface area (Å²) in [6.07, 6.45) is 0.830. The second-order valence-electron chi connectivity index (χ2n) is 4.76. The highest BCUT2D eigenvalue weighted by molar-refractivity contribution is 7.89. The van der Waals surface area contributed by atoms with E-state index < -0.39 is 10.0 Å². The third kappa shape index (κ3) is 4.85. The van der Waals surface area contributed by atoms with E-state index in [0.29, 0.717) is 18.0 Å². The van der Waals surface area contributed by atoms with Crippen LogP contribution in [0.25, 0.3) is 0 Å². The summed E-state index contributed by atoms with van der Waals surface area (Å²) in [6.45, 7) is 2.12. The van der Waals surface area contributed by atoms with Crippen molar-refractivity contribution in [2.75, 3.05) is 41.3 Å². The molecule has 19 heavy (non-hydrogen) atoms. The Balaban J connectivity index is 2.67. The predicted molar refractivity (Wildman–Crippen MR) is 80.1 cm³/mol. The maximum absolute atomic E-state index is 12.3. The fraction of sp³-hybridized carbons (Fsp3) is 0.667. The van der Waals surface area contributed by atoms with Crippen LogP contribution in [0.5, 0.6) is 0 Å². The van der Waals surface area contributed by atoms with Crippen molar-refractivity contribution in [3.05, 3.63) is 16.3 Å². The van der Waals surface area contributed by atoms with Gasteiger partial charge in [0.2, 0.25) is 10.0 Å². The summed E-state index contributed by atoms with van der Waals surface area (Å²) in [5.41, 5.74) is 0. The molecule has 1 heterocycles. The van der Waals surface area contributed by atoms with Crippen molar-refractivity contribution in [1.29, 1.82) is 0 Å². The van der Waals surface area contributed by atoms with Crippen LogP contribution in [0.15, 0.2) is 16.3 Å². The van der Waals surface area contributed by atoms with E-state index >= 15 is 0 Å².